The van der Waals surface area contributed by atoms with Gasteiger partial charge >= 0.3 is 0 Å². The fourth-order valence-electron chi connectivity index (χ4n) is 3.56. The second-order valence-corrected chi connectivity index (χ2v) is 9.02. The van der Waals surface area contributed by atoms with Gasteiger partial charge in [0.15, 0.2) is 9.84 Å². The summed E-state index contributed by atoms with van der Waals surface area (Å²) in [5.41, 5.74) is 2.30. The number of nitrogens with zero attached hydrogens (tertiary/aromatic N) is 3. The van der Waals surface area contributed by atoms with Crippen LogP contribution in [0.5, 0.6) is 0 Å². The van der Waals surface area contributed by atoms with E-state index in [9.17, 15) is 8.42 Å². The number of aromatic nitrogens is 2. The number of piperidine rings is 1. The molecule has 0 unspecified atom stereocenters. The molecule has 6 heteroatoms. The van der Waals surface area contributed by atoms with E-state index >= 15 is 0 Å². The van der Waals surface area contributed by atoms with Gasteiger partial charge in [-0.05, 0) is 25.0 Å². The molecule has 0 bridgehead atoms. The van der Waals surface area contributed by atoms with E-state index in [-0.39, 0.29) is 11.5 Å². The molecule has 0 aliphatic carbocycles. The predicted octanol–water partition coefficient (Wildman–Crippen LogP) is 2.67. The Morgan fingerprint density at radius 1 is 1.17 bits per heavy atom. The molecule has 5 nitrogen and oxygen atoms in total. The molecule has 1 fully saturated rings. The minimum Gasteiger partial charge on any atom is -0.325 e. The first-order chi connectivity index (χ1) is 11.5. The highest BCUT2D eigenvalue weighted by Gasteiger charge is 2.24. The van der Waals surface area contributed by atoms with Crippen molar-refractivity contribution in [2.24, 2.45) is 0 Å². The van der Waals surface area contributed by atoms with Gasteiger partial charge < -0.3 is 9.47 Å². The van der Waals surface area contributed by atoms with Crippen molar-refractivity contribution in [2.45, 2.75) is 39.2 Å². The lowest BCUT2D eigenvalue weighted by atomic mass is 10.0. The number of fused-ring (bicyclic) bond motifs is 1. The summed E-state index contributed by atoms with van der Waals surface area (Å²) in [7, 11) is -2.87. The molecule has 0 saturated carbocycles. The molecule has 1 saturated heterocycles. The van der Waals surface area contributed by atoms with E-state index in [4.69, 9.17) is 4.98 Å². The van der Waals surface area contributed by atoms with Crippen LogP contribution in [0.4, 0.5) is 0 Å². The van der Waals surface area contributed by atoms with E-state index in [0.29, 0.717) is 12.6 Å². The van der Waals surface area contributed by atoms with E-state index in [1.807, 2.05) is 6.07 Å². The fraction of sp³-hybridized carbons (Fsp3) is 0.611. The lowest BCUT2D eigenvalue weighted by molar-refractivity contribution is 0.195. The van der Waals surface area contributed by atoms with Gasteiger partial charge in [0.2, 0.25) is 0 Å². The van der Waals surface area contributed by atoms with E-state index in [2.05, 4.69) is 34.6 Å². The Labute approximate surface area is 144 Å². The minimum atomic E-state index is -2.87. The Morgan fingerprint density at radius 3 is 2.54 bits per heavy atom. The SMILES string of the molecule is CCc1nc2ccccc2n1C1CCN(CCS(=O)(=O)CC)CC1. The molecule has 0 atom stereocenters. The second-order valence-electron chi connectivity index (χ2n) is 6.55. The summed E-state index contributed by atoms with van der Waals surface area (Å²) >= 11 is 0. The molecule has 1 aliphatic rings. The molecule has 1 aromatic heterocycles. The molecule has 0 spiro atoms. The van der Waals surface area contributed by atoms with Crippen LogP contribution < -0.4 is 0 Å². The normalized spacial score (nSPS) is 17.6. The highest BCUT2D eigenvalue weighted by atomic mass is 32.2. The van der Waals surface area contributed by atoms with Crippen LogP contribution in [0.1, 0.15) is 38.6 Å². The number of likely N-dealkylation sites (tertiary alicyclic amines) is 1. The van der Waals surface area contributed by atoms with Crippen LogP contribution in [0.15, 0.2) is 24.3 Å². The number of rotatable bonds is 6. The van der Waals surface area contributed by atoms with Crippen molar-refractivity contribution >= 4 is 20.9 Å². The molecular formula is C18H27N3O2S. The topological polar surface area (TPSA) is 55.2 Å². The van der Waals surface area contributed by atoms with Crippen LogP contribution in [0.2, 0.25) is 0 Å². The first-order valence-electron chi connectivity index (χ1n) is 8.92. The third-order valence-electron chi connectivity index (χ3n) is 5.07. The zero-order valence-corrected chi connectivity index (χ0v) is 15.4. The minimum absolute atomic E-state index is 0.240. The molecule has 1 aromatic carbocycles. The Bertz CT molecular complexity index is 790. The summed E-state index contributed by atoms with van der Waals surface area (Å²) < 4.78 is 25.8. The van der Waals surface area contributed by atoms with Gasteiger partial charge in [0.1, 0.15) is 5.82 Å². The Hall–Kier alpha value is -1.40. The van der Waals surface area contributed by atoms with Gasteiger partial charge in [-0.25, -0.2) is 13.4 Å². The van der Waals surface area contributed by atoms with Gasteiger partial charge in [0, 0.05) is 37.8 Å². The maximum atomic E-state index is 11.7. The summed E-state index contributed by atoms with van der Waals surface area (Å²) in [5.74, 6) is 1.68. The van der Waals surface area contributed by atoms with Crippen LogP contribution in [0.25, 0.3) is 11.0 Å². The van der Waals surface area contributed by atoms with Gasteiger partial charge in [-0.3, -0.25) is 0 Å². The van der Waals surface area contributed by atoms with Crippen LogP contribution in [-0.4, -0.2) is 54.0 Å². The Kier molecular flexibility index (Phi) is 5.25. The molecule has 0 N–H and O–H groups in total. The van der Waals surface area contributed by atoms with Crippen LogP contribution in [-0.2, 0) is 16.3 Å². The first kappa shape index (κ1) is 17.4. The smallest absolute Gasteiger partial charge is 0.151 e. The number of aryl methyl sites for hydroxylation is 1. The summed E-state index contributed by atoms with van der Waals surface area (Å²) in [4.78, 5) is 7.06. The molecule has 0 amide bonds. The van der Waals surface area contributed by atoms with E-state index in [0.717, 1.165) is 43.7 Å². The molecule has 24 heavy (non-hydrogen) atoms. The third kappa shape index (κ3) is 3.64. The van der Waals surface area contributed by atoms with Crippen molar-refractivity contribution in [1.82, 2.24) is 14.5 Å². The highest BCUT2D eigenvalue weighted by molar-refractivity contribution is 7.91. The maximum Gasteiger partial charge on any atom is 0.151 e. The fourth-order valence-corrected chi connectivity index (χ4v) is 4.39. The predicted molar refractivity (Wildman–Crippen MR) is 98.1 cm³/mol. The molecule has 0 radical (unpaired) electrons. The highest BCUT2D eigenvalue weighted by Crippen LogP contribution is 2.29. The van der Waals surface area contributed by atoms with Gasteiger partial charge in [-0.1, -0.05) is 26.0 Å². The largest absolute Gasteiger partial charge is 0.325 e. The Morgan fingerprint density at radius 2 is 1.88 bits per heavy atom. The second kappa shape index (κ2) is 7.23. The van der Waals surface area contributed by atoms with Crippen molar-refractivity contribution in [1.29, 1.82) is 0 Å². The zero-order chi connectivity index (χ0) is 17.2. The van der Waals surface area contributed by atoms with Crippen LogP contribution >= 0.6 is 0 Å². The number of hydrogen-bond acceptors (Lipinski definition) is 4. The van der Waals surface area contributed by atoms with Crippen molar-refractivity contribution < 1.29 is 8.42 Å². The Balaban J connectivity index is 1.69. The van der Waals surface area contributed by atoms with Crippen LogP contribution in [0.3, 0.4) is 0 Å². The lowest BCUT2D eigenvalue weighted by Crippen LogP contribution is -2.38. The van der Waals surface area contributed by atoms with Crippen molar-refractivity contribution in [3.8, 4) is 0 Å². The number of sulfone groups is 1. The number of para-hydroxylation sites is 2. The average molecular weight is 350 g/mol. The van der Waals surface area contributed by atoms with Crippen molar-refractivity contribution in [2.75, 3.05) is 31.1 Å². The number of hydrogen-bond donors (Lipinski definition) is 0. The van der Waals surface area contributed by atoms with E-state index in [1.54, 1.807) is 6.92 Å². The summed E-state index contributed by atoms with van der Waals surface area (Å²) in [5, 5.41) is 0. The van der Waals surface area contributed by atoms with Gasteiger partial charge in [0.05, 0.1) is 16.8 Å². The van der Waals surface area contributed by atoms with Gasteiger partial charge in [0.25, 0.3) is 0 Å². The monoisotopic (exact) mass is 349 g/mol. The lowest BCUT2D eigenvalue weighted by Gasteiger charge is -2.33. The summed E-state index contributed by atoms with van der Waals surface area (Å²) in [6.45, 7) is 6.45. The number of benzene rings is 1. The molecule has 2 aromatic rings. The average Bonchev–Trinajstić information content (AvgIpc) is 2.99. The van der Waals surface area contributed by atoms with Crippen molar-refractivity contribution in [3.05, 3.63) is 30.1 Å². The molecular weight excluding hydrogens is 322 g/mol. The van der Waals surface area contributed by atoms with Gasteiger partial charge in [-0.15, -0.1) is 0 Å². The van der Waals surface area contributed by atoms with Crippen molar-refractivity contribution in [3.63, 3.8) is 0 Å². The third-order valence-corrected chi connectivity index (χ3v) is 6.75. The van der Waals surface area contributed by atoms with Gasteiger partial charge in [-0.2, -0.15) is 0 Å². The standard InChI is InChI=1S/C18H27N3O2S/c1-3-18-19-16-7-5-6-8-17(16)21(18)15-9-11-20(12-10-15)13-14-24(22,23)4-2/h5-8,15H,3-4,9-14H2,1-2H3. The quantitative estimate of drug-likeness (QED) is 0.804. The first-order valence-corrected chi connectivity index (χ1v) is 10.7. The molecule has 132 valence electrons. The summed E-state index contributed by atoms with van der Waals surface area (Å²) in [6, 6.07) is 8.81. The molecule has 3 rings (SSSR count). The molecule has 1 aliphatic heterocycles. The molecule has 2 heterocycles. The van der Waals surface area contributed by atoms with E-state index < -0.39 is 9.84 Å². The zero-order valence-electron chi connectivity index (χ0n) is 14.6. The number of imidazole rings is 1. The maximum absolute atomic E-state index is 11.7. The summed E-state index contributed by atoms with van der Waals surface area (Å²) in [6.07, 6.45) is 3.04. The van der Waals surface area contributed by atoms with Crippen LogP contribution in [0, 0.1) is 0 Å². The van der Waals surface area contributed by atoms with E-state index in [1.165, 1.54) is 5.52 Å².